The second kappa shape index (κ2) is 2.83. The molecule has 0 N–H and O–H groups in total. The van der Waals surface area contributed by atoms with Gasteiger partial charge in [0.05, 0.1) is 0 Å². The minimum Gasteiger partial charge on any atom is -0.341 e. The van der Waals surface area contributed by atoms with Crippen molar-refractivity contribution < 1.29 is 9.18 Å². The Morgan fingerprint density at radius 2 is 2.23 bits per heavy atom. The van der Waals surface area contributed by atoms with Crippen LogP contribution in [0.25, 0.3) is 0 Å². The lowest BCUT2D eigenvalue weighted by Crippen LogP contribution is -2.34. The van der Waals surface area contributed by atoms with E-state index in [9.17, 15) is 9.18 Å². The van der Waals surface area contributed by atoms with Gasteiger partial charge in [-0.2, -0.15) is 0 Å². The molecule has 2 rings (SSSR count). The van der Waals surface area contributed by atoms with Crippen LogP contribution in [0.5, 0.6) is 0 Å². The summed E-state index contributed by atoms with van der Waals surface area (Å²) in [5.74, 6) is -0.428. The topological polar surface area (TPSA) is 20.3 Å². The number of carbonyl (C=O) groups excluding carboxylic acids is 1. The van der Waals surface area contributed by atoms with Crippen molar-refractivity contribution in [3.05, 3.63) is 35.1 Å². The monoisotopic (exact) mass is 179 g/mol. The summed E-state index contributed by atoms with van der Waals surface area (Å²) in [6.07, 6.45) is 0.817. The molecular formula is C10H10FNO. The summed E-state index contributed by atoms with van der Waals surface area (Å²) >= 11 is 0. The zero-order valence-electron chi connectivity index (χ0n) is 7.38. The maximum atomic E-state index is 12.8. The van der Waals surface area contributed by atoms with E-state index in [2.05, 4.69) is 0 Å². The Balaban J connectivity index is 2.51. The van der Waals surface area contributed by atoms with Gasteiger partial charge >= 0.3 is 0 Å². The van der Waals surface area contributed by atoms with Gasteiger partial charge in [0.25, 0.3) is 5.91 Å². The van der Waals surface area contributed by atoms with Crippen molar-refractivity contribution in [1.29, 1.82) is 0 Å². The zero-order valence-corrected chi connectivity index (χ0v) is 7.38. The maximum Gasteiger partial charge on any atom is 0.253 e. The highest BCUT2D eigenvalue weighted by atomic mass is 19.1. The van der Waals surface area contributed by atoms with Crippen LogP contribution in [0.3, 0.4) is 0 Å². The first-order valence-corrected chi connectivity index (χ1v) is 4.22. The molecule has 0 spiro atoms. The lowest BCUT2D eigenvalue weighted by atomic mass is 9.99. The highest BCUT2D eigenvalue weighted by Gasteiger charge is 2.21. The number of nitrogens with zero attached hydrogens (tertiary/aromatic N) is 1. The van der Waals surface area contributed by atoms with Crippen molar-refractivity contribution >= 4 is 5.91 Å². The average molecular weight is 179 g/mol. The highest BCUT2D eigenvalue weighted by molar-refractivity contribution is 5.96. The third kappa shape index (κ3) is 1.30. The maximum absolute atomic E-state index is 12.8. The van der Waals surface area contributed by atoms with Crippen molar-refractivity contribution in [2.75, 3.05) is 13.6 Å². The number of benzene rings is 1. The molecule has 1 amide bonds. The van der Waals surface area contributed by atoms with Gasteiger partial charge in [-0.15, -0.1) is 0 Å². The van der Waals surface area contributed by atoms with E-state index >= 15 is 0 Å². The first-order chi connectivity index (χ1) is 6.18. The minimum absolute atomic E-state index is 0.0826. The van der Waals surface area contributed by atoms with Gasteiger partial charge in [-0.05, 0) is 24.1 Å². The van der Waals surface area contributed by atoms with Gasteiger partial charge in [-0.1, -0.05) is 6.07 Å². The van der Waals surface area contributed by atoms with E-state index in [1.54, 1.807) is 18.0 Å². The van der Waals surface area contributed by atoms with E-state index in [-0.39, 0.29) is 11.7 Å². The first kappa shape index (κ1) is 8.23. The van der Waals surface area contributed by atoms with Crippen LogP contribution < -0.4 is 0 Å². The number of rotatable bonds is 0. The number of carbonyl (C=O) groups is 1. The van der Waals surface area contributed by atoms with Gasteiger partial charge in [0.1, 0.15) is 5.82 Å². The first-order valence-electron chi connectivity index (χ1n) is 4.22. The third-order valence-electron chi connectivity index (χ3n) is 2.37. The van der Waals surface area contributed by atoms with Crippen LogP contribution in [0, 0.1) is 5.82 Å². The lowest BCUT2D eigenvalue weighted by Gasteiger charge is -2.24. The Bertz CT molecular complexity index is 362. The van der Waals surface area contributed by atoms with Crippen LogP contribution in [0.15, 0.2) is 18.2 Å². The molecule has 68 valence electrons. The number of amides is 1. The Hall–Kier alpha value is -1.38. The molecule has 0 bridgehead atoms. The zero-order chi connectivity index (χ0) is 9.42. The van der Waals surface area contributed by atoms with E-state index in [1.807, 2.05) is 0 Å². The van der Waals surface area contributed by atoms with Crippen LogP contribution in [0.1, 0.15) is 15.9 Å². The second-order valence-corrected chi connectivity index (χ2v) is 3.28. The summed E-state index contributed by atoms with van der Waals surface area (Å²) in [6.45, 7) is 0.720. The number of halogens is 1. The fourth-order valence-corrected chi connectivity index (χ4v) is 1.56. The molecule has 0 atom stereocenters. The van der Waals surface area contributed by atoms with Gasteiger partial charge in [0, 0.05) is 19.2 Å². The second-order valence-electron chi connectivity index (χ2n) is 3.28. The lowest BCUT2D eigenvalue weighted by molar-refractivity contribution is 0.0780. The van der Waals surface area contributed by atoms with Crippen molar-refractivity contribution in [3.8, 4) is 0 Å². The van der Waals surface area contributed by atoms with Gasteiger partial charge in [-0.3, -0.25) is 4.79 Å². The number of hydrogen-bond acceptors (Lipinski definition) is 1. The molecule has 3 heteroatoms. The quantitative estimate of drug-likeness (QED) is 0.590. The van der Waals surface area contributed by atoms with Gasteiger partial charge in [0.2, 0.25) is 0 Å². The number of hydrogen-bond donors (Lipinski definition) is 0. The van der Waals surface area contributed by atoms with E-state index < -0.39 is 0 Å². The van der Waals surface area contributed by atoms with Crippen LogP contribution >= 0.6 is 0 Å². The molecule has 1 aromatic rings. The summed E-state index contributed by atoms with van der Waals surface area (Å²) < 4.78 is 12.8. The molecule has 0 saturated heterocycles. The normalized spacial score (nSPS) is 15.8. The van der Waals surface area contributed by atoms with Gasteiger partial charge in [0.15, 0.2) is 0 Å². The molecule has 0 unspecified atom stereocenters. The summed E-state index contributed by atoms with van der Waals surface area (Å²) in [4.78, 5) is 13.1. The van der Waals surface area contributed by atoms with Crippen LogP contribution in [0.4, 0.5) is 4.39 Å². The van der Waals surface area contributed by atoms with Gasteiger partial charge in [-0.25, -0.2) is 4.39 Å². The van der Waals surface area contributed by atoms with Crippen LogP contribution in [-0.4, -0.2) is 24.4 Å². The summed E-state index contributed by atoms with van der Waals surface area (Å²) in [5.41, 5.74) is 1.46. The Morgan fingerprint density at radius 1 is 1.46 bits per heavy atom. The van der Waals surface area contributed by atoms with Gasteiger partial charge < -0.3 is 4.90 Å². The predicted molar refractivity (Wildman–Crippen MR) is 47.1 cm³/mol. The molecule has 0 radical (unpaired) electrons. The molecule has 0 aliphatic carbocycles. The smallest absolute Gasteiger partial charge is 0.253 e. The standard InChI is InChI=1S/C10H10FNO/c1-12-5-4-7-2-3-8(11)6-9(7)10(12)13/h2-3,6H,4-5H2,1H3. The molecule has 13 heavy (non-hydrogen) atoms. The SMILES string of the molecule is CN1CCc2ccc(F)cc2C1=O. The van der Waals surface area contributed by atoms with Crippen molar-refractivity contribution in [2.24, 2.45) is 0 Å². The molecule has 1 heterocycles. The Labute approximate surface area is 76.0 Å². The molecule has 1 aliphatic rings. The molecule has 1 aromatic carbocycles. The fraction of sp³-hybridized carbons (Fsp3) is 0.300. The Kier molecular flexibility index (Phi) is 1.79. The molecule has 0 fully saturated rings. The molecular weight excluding hydrogens is 169 g/mol. The molecule has 2 nitrogen and oxygen atoms in total. The number of fused-ring (bicyclic) bond motifs is 1. The van der Waals surface area contributed by atoms with E-state index in [4.69, 9.17) is 0 Å². The van der Waals surface area contributed by atoms with Crippen molar-refractivity contribution in [2.45, 2.75) is 6.42 Å². The summed E-state index contributed by atoms with van der Waals surface area (Å²) in [5, 5.41) is 0. The summed E-state index contributed by atoms with van der Waals surface area (Å²) in [6, 6.07) is 4.40. The minimum atomic E-state index is -0.345. The van der Waals surface area contributed by atoms with E-state index in [0.717, 1.165) is 18.5 Å². The molecule has 0 saturated carbocycles. The molecule has 0 aromatic heterocycles. The highest BCUT2D eigenvalue weighted by Crippen LogP contribution is 2.18. The van der Waals surface area contributed by atoms with Crippen LogP contribution in [-0.2, 0) is 6.42 Å². The molecule has 1 aliphatic heterocycles. The predicted octanol–water partition coefficient (Wildman–Crippen LogP) is 1.45. The van der Waals surface area contributed by atoms with E-state index in [0.29, 0.717) is 5.56 Å². The fourth-order valence-electron chi connectivity index (χ4n) is 1.56. The summed E-state index contributed by atoms with van der Waals surface area (Å²) in [7, 11) is 1.73. The Morgan fingerprint density at radius 3 is 3.00 bits per heavy atom. The largest absolute Gasteiger partial charge is 0.341 e. The van der Waals surface area contributed by atoms with Crippen molar-refractivity contribution in [3.63, 3.8) is 0 Å². The number of likely N-dealkylation sites (N-methyl/N-ethyl adjacent to an activating group) is 1. The van der Waals surface area contributed by atoms with E-state index in [1.165, 1.54) is 12.1 Å². The van der Waals surface area contributed by atoms with Crippen LogP contribution in [0.2, 0.25) is 0 Å². The third-order valence-corrected chi connectivity index (χ3v) is 2.37. The average Bonchev–Trinajstić information content (AvgIpc) is 2.12. The van der Waals surface area contributed by atoms with Crippen molar-refractivity contribution in [1.82, 2.24) is 4.90 Å².